The van der Waals surface area contributed by atoms with Crippen LogP contribution in [-0.4, -0.2) is 14.4 Å². The van der Waals surface area contributed by atoms with Gasteiger partial charge in [0.1, 0.15) is 5.69 Å². The number of hydrogen-bond acceptors (Lipinski definition) is 5. The zero-order chi connectivity index (χ0) is 16.6. The Balaban J connectivity index is 2.40. The third-order valence-corrected chi connectivity index (χ3v) is 3.41. The van der Waals surface area contributed by atoms with Crippen LogP contribution >= 0.6 is 0 Å². The molecule has 8 nitrogen and oxygen atoms in total. The Morgan fingerprint density at radius 3 is 2.30 bits per heavy atom. The molecule has 114 valence electrons. The van der Waals surface area contributed by atoms with Gasteiger partial charge in [-0.05, 0) is 23.6 Å². The lowest BCUT2D eigenvalue weighted by atomic mass is 10.2. The summed E-state index contributed by atoms with van der Waals surface area (Å²) in [5, 5.41) is 22.8. The summed E-state index contributed by atoms with van der Waals surface area (Å²) in [5.74, 6) is 0. The van der Waals surface area contributed by atoms with Gasteiger partial charge < -0.3 is 0 Å². The Morgan fingerprint density at radius 1 is 0.870 bits per heavy atom. The summed E-state index contributed by atoms with van der Waals surface area (Å²) in [6.07, 6.45) is 0. The van der Waals surface area contributed by atoms with Crippen LogP contribution in [0.25, 0.3) is 16.6 Å². The predicted molar refractivity (Wildman–Crippen MR) is 82.9 cm³/mol. The second-order valence-corrected chi connectivity index (χ2v) is 4.75. The summed E-state index contributed by atoms with van der Waals surface area (Å²) in [7, 11) is 0. The third-order valence-electron chi connectivity index (χ3n) is 3.41. The monoisotopic (exact) mass is 311 g/mol. The van der Waals surface area contributed by atoms with E-state index < -0.39 is 26.8 Å². The van der Waals surface area contributed by atoms with Gasteiger partial charge in [0.15, 0.2) is 0 Å². The number of non-ortho nitro benzene ring substituents is 1. The van der Waals surface area contributed by atoms with Gasteiger partial charge in [-0.15, -0.1) is 0 Å². The van der Waals surface area contributed by atoms with E-state index in [0.29, 0.717) is 5.52 Å². The molecule has 0 unspecified atom stereocenters. The number of pyridine rings is 1. The molecule has 1 aromatic heterocycles. The number of fused-ring (bicyclic) bond motifs is 1. The smallest absolute Gasteiger partial charge is 0.270 e. The molecule has 2 aromatic carbocycles. The Hall–Kier alpha value is -3.55. The van der Waals surface area contributed by atoms with Crippen LogP contribution in [0.5, 0.6) is 0 Å². The molecule has 0 aliphatic carbocycles. The van der Waals surface area contributed by atoms with E-state index in [-0.39, 0.29) is 5.69 Å². The number of benzene rings is 2. The number of rotatable bonds is 3. The molecule has 0 radical (unpaired) electrons. The summed E-state index contributed by atoms with van der Waals surface area (Å²) in [6, 6.07) is 13.0. The van der Waals surface area contributed by atoms with Crippen LogP contribution in [0.4, 0.5) is 11.4 Å². The first-order valence-corrected chi connectivity index (χ1v) is 6.53. The molecule has 0 aliphatic heterocycles. The van der Waals surface area contributed by atoms with Crippen LogP contribution in [0.15, 0.2) is 59.4 Å². The van der Waals surface area contributed by atoms with Crippen molar-refractivity contribution in [2.24, 2.45) is 0 Å². The highest BCUT2D eigenvalue weighted by Gasteiger charge is 2.22. The summed E-state index contributed by atoms with van der Waals surface area (Å²) in [6.45, 7) is 0. The highest BCUT2D eigenvalue weighted by atomic mass is 16.6. The molecule has 0 spiro atoms. The maximum Gasteiger partial charge on any atom is 0.300 e. The minimum absolute atomic E-state index is 0.0117. The van der Waals surface area contributed by atoms with Crippen LogP contribution in [-0.2, 0) is 0 Å². The van der Waals surface area contributed by atoms with Crippen LogP contribution in [0.1, 0.15) is 0 Å². The van der Waals surface area contributed by atoms with Crippen molar-refractivity contribution in [1.82, 2.24) is 4.57 Å². The molecule has 3 aromatic rings. The number of nitro benzene ring substituents is 2. The Morgan fingerprint density at radius 2 is 1.61 bits per heavy atom. The van der Waals surface area contributed by atoms with Crippen molar-refractivity contribution in [2.45, 2.75) is 0 Å². The average Bonchev–Trinajstić information content (AvgIpc) is 2.54. The lowest BCUT2D eigenvalue weighted by Crippen LogP contribution is -2.18. The molecule has 0 saturated heterocycles. The second kappa shape index (κ2) is 5.34. The largest absolute Gasteiger partial charge is 0.300 e. The van der Waals surface area contributed by atoms with E-state index in [1.165, 1.54) is 16.7 Å². The van der Waals surface area contributed by atoms with Crippen molar-refractivity contribution in [3.8, 4) is 5.69 Å². The highest BCUT2D eigenvalue weighted by Crippen LogP contribution is 2.28. The van der Waals surface area contributed by atoms with Crippen molar-refractivity contribution >= 4 is 22.3 Å². The van der Waals surface area contributed by atoms with Crippen molar-refractivity contribution in [3.63, 3.8) is 0 Å². The fourth-order valence-electron chi connectivity index (χ4n) is 2.40. The van der Waals surface area contributed by atoms with Gasteiger partial charge in [-0.25, -0.2) is 0 Å². The molecule has 0 amide bonds. The minimum Gasteiger partial charge on any atom is -0.270 e. The number of hydrogen-bond donors (Lipinski definition) is 0. The maximum atomic E-state index is 12.2. The molecule has 8 heteroatoms. The van der Waals surface area contributed by atoms with Crippen LogP contribution in [0.2, 0.25) is 0 Å². The summed E-state index contributed by atoms with van der Waals surface area (Å²) >= 11 is 0. The van der Waals surface area contributed by atoms with Crippen LogP contribution in [0.3, 0.4) is 0 Å². The van der Waals surface area contributed by atoms with Crippen molar-refractivity contribution in [3.05, 3.63) is 85.2 Å². The van der Waals surface area contributed by atoms with Gasteiger partial charge in [-0.3, -0.25) is 29.6 Å². The maximum absolute atomic E-state index is 12.2. The minimum atomic E-state index is -0.740. The van der Waals surface area contributed by atoms with E-state index in [4.69, 9.17) is 0 Å². The van der Waals surface area contributed by atoms with Crippen LogP contribution in [0, 0.1) is 20.2 Å². The van der Waals surface area contributed by atoms with Gasteiger partial charge >= 0.3 is 0 Å². The normalized spacial score (nSPS) is 10.6. The Bertz CT molecular complexity index is 1010. The Labute approximate surface area is 128 Å². The topological polar surface area (TPSA) is 108 Å². The molecule has 0 bridgehead atoms. The lowest BCUT2D eigenvalue weighted by Gasteiger charge is -2.10. The van der Waals surface area contributed by atoms with E-state index in [0.717, 1.165) is 17.5 Å². The van der Waals surface area contributed by atoms with E-state index in [9.17, 15) is 25.0 Å². The molecule has 0 saturated carbocycles. The third kappa shape index (κ3) is 2.42. The van der Waals surface area contributed by atoms with Gasteiger partial charge in [0.05, 0.1) is 21.4 Å². The zero-order valence-electron chi connectivity index (χ0n) is 11.6. The molecule has 1 heterocycles. The average molecular weight is 311 g/mol. The molecular weight excluding hydrogens is 302 g/mol. The van der Waals surface area contributed by atoms with Gasteiger partial charge in [0.2, 0.25) is 0 Å². The molecule has 0 aliphatic rings. The zero-order valence-corrected chi connectivity index (χ0v) is 11.6. The standard InChI is InChI=1S/C15H9N3O5/c19-15-8-5-10-3-1-2-4-12(10)16(15)13-7-6-11(17(20)21)9-14(13)18(22)23/h1-9H. The van der Waals surface area contributed by atoms with E-state index in [1.54, 1.807) is 30.3 Å². The van der Waals surface area contributed by atoms with Gasteiger partial charge in [-0.2, -0.15) is 0 Å². The summed E-state index contributed by atoms with van der Waals surface area (Å²) in [5.41, 5.74) is -0.897. The molecule has 23 heavy (non-hydrogen) atoms. The van der Waals surface area contributed by atoms with Gasteiger partial charge in [0, 0.05) is 12.1 Å². The molecule has 3 rings (SSSR count). The van der Waals surface area contributed by atoms with Crippen molar-refractivity contribution in [1.29, 1.82) is 0 Å². The number of para-hydroxylation sites is 1. The van der Waals surface area contributed by atoms with Gasteiger partial charge in [-0.1, -0.05) is 18.2 Å². The fourth-order valence-corrected chi connectivity index (χ4v) is 2.40. The number of nitrogens with zero attached hydrogens (tertiary/aromatic N) is 3. The van der Waals surface area contributed by atoms with Crippen molar-refractivity contribution in [2.75, 3.05) is 0 Å². The Kier molecular flexibility index (Phi) is 3.34. The van der Waals surface area contributed by atoms with Crippen molar-refractivity contribution < 1.29 is 9.85 Å². The highest BCUT2D eigenvalue weighted by molar-refractivity contribution is 5.81. The quantitative estimate of drug-likeness (QED) is 0.546. The summed E-state index contributed by atoms with van der Waals surface area (Å²) < 4.78 is 1.18. The van der Waals surface area contributed by atoms with E-state index in [2.05, 4.69) is 0 Å². The predicted octanol–water partition coefficient (Wildman–Crippen LogP) is 2.81. The van der Waals surface area contributed by atoms with Crippen LogP contribution < -0.4 is 5.56 Å². The summed E-state index contributed by atoms with van der Waals surface area (Å²) in [4.78, 5) is 32.9. The molecular formula is C15H9N3O5. The fraction of sp³-hybridized carbons (Fsp3) is 0. The number of aromatic nitrogens is 1. The number of nitro groups is 2. The first-order valence-electron chi connectivity index (χ1n) is 6.53. The molecule has 0 N–H and O–H groups in total. The molecule has 0 atom stereocenters. The SMILES string of the molecule is O=c1ccc2ccccc2n1-c1ccc([N+](=O)[O-])cc1[N+](=O)[O-]. The second-order valence-electron chi connectivity index (χ2n) is 4.75. The van der Waals surface area contributed by atoms with E-state index >= 15 is 0 Å². The molecule has 0 fully saturated rings. The first kappa shape index (κ1) is 14.4. The first-order chi connectivity index (χ1) is 11.0. The van der Waals surface area contributed by atoms with Gasteiger partial charge in [0.25, 0.3) is 16.9 Å². The van der Waals surface area contributed by atoms with E-state index in [1.807, 2.05) is 0 Å². The lowest BCUT2D eigenvalue weighted by molar-refractivity contribution is -0.394.